The van der Waals surface area contributed by atoms with Crippen molar-refractivity contribution in [1.82, 2.24) is 0 Å². The van der Waals surface area contributed by atoms with E-state index in [1.165, 1.54) is 30.4 Å². The molecular formula is C19H26BrNO. The standard InChI is InChI=1S/C19H26BrNO/c1-13-7-8-17-16(11-13)14(2)12-19(9-5-4-6-10-19)21(17)18(22)15(3)20/h7-8,11,14-15H,4-6,9-10,12H2,1-3H3. The third kappa shape index (κ3) is 2.62. The van der Waals surface area contributed by atoms with Gasteiger partial charge >= 0.3 is 0 Å². The Hall–Kier alpha value is -0.830. The number of carbonyl (C=O) groups is 1. The largest absolute Gasteiger partial charge is 0.305 e. The molecule has 1 spiro atoms. The number of alkyl halides is 1. The summed E-state index contributed by atoms with van der Waals surface area (Å²) in [6, 6.07) is 6.59. The van der Waals surface area contributed by atoms with Crippen molar-refractivity contribution in [1.29, 1.82) is 0 Å². The number of rotatable bonds is 1. The van der Waals surface area contributed by atoms with E-state index in [0.717, 1.165) is 24.9 Å². The maximum absolute atomic E-state index is 13.0. The van der Waals surface area contributed by atoms with Crippen molar-refractivity contribution in [3.05, 3.63) is 29.3 Å². The quantitative estimate of drug-likeness (QED) is 0.618. The fourth-order valence-electron chi connectivity index (χ4n) is 4.47. The van der Waals surface area contributed by atoms with Crippen LogP contribution in [0.3, 0.4) is 0 Å². The van der Waals surface area contributed by atoms with Gasteiger partial charge in [-0.25, -0.2) is 0 Å². The second-order valence-corrected chi connectivity index (χ2v) is 8.62. The minimum Gasteiger partial charge on any atom is -0.305 e. The number of hydrogen-bond acceptors (Lipinski definition) is 1. The summed E-state index contributed by atoms with van der Waals surface area (Å²) in [6.07, 6.45) is 7.20. The molecule has 1 saturated carbocycles. The molecule has 0 aromatic heterocycles. The number of anilines is 1. The molecule has 1 fully saturated rings. The van der Waals surface area contributed by atoms with Gasteiger partial charge in [0.1, 0.15) is 0 Å². The predicted octanol–water partition coefficient (Wildman–Crippen LogP) is 5.32. The van der Waals surface area contributed by atoms with Crippen LogP contribution in [-0.2, 0) is 4.79 Å². The molecule has 1 heterocycles. The molecule has 1 aromatic rings. The molecular weight excluding hydrogens is 338 g/mol. The monoisotopic (exact) mass is 363 g/mol. The maximum Gasteiger partial charge on any atom is 0.241 e. The van der Waals surface area contributed by atoms with Crippen LogP contribution in [0.15, 0.2) is 18.2 Å². The average Bonchev–Trinajstić information content (AvgIpc) is 2.48. The third-order valence-electron chi connectivity index (χ3n) is 5.46. The molecule has 0 N–H and O–H groups in total. The first-order valence-electron chi connectivity index (χ1n) is 8.53. The van der Waals surface area contributed by atoms with Crippen molar-refractivity contribution < 1.29 is 4.79 Å². The smallest absolute Gasteiger partial charge is 0.241 e. The lowest BCUT2D eigenvalue weighted by Crippen LogP contribution is -2.58. The Kier molecular flexibility index (Phi) is 4.37. The fraction of sp³-hybridized carbons (Fsp3) is 0.632. The van der Waals surface area contributed by atoms with Crippen LogP contribution in [0.25, 0.3) is 0 Å². The highest BCUT2D eigenvalue weighted by molar-refractivity contribution is 9.10. The predicted molar refractivity (Wildman–Crippen MR) is 95.9 cm³/mol. The maximum atomic E-state index is 13.0. The zero-order valence-corrected chi connectivity index (χ0v) is 15.4. The lowest BCUT2D eigenvalue weighted by atomic mass is 9.70. The minimum atomic E-state index is -0.131. The average molecular weight is 364 g/mol. The molecule has 0 radical (unpaired) electrons. The van der Waals surface area contributed by atoms with Crippen molar-refractivity contribution in [2.24, 2.45) is 0 Å². The summed E-state index contributed by atoms with van der Waals surface area (Å²) in [5.74, 6) is 0.751. The van der Waals surface area contributed by atoms with Crippen LogP contribution in [0, 0.1) is 6.92 Å². The number of carbonyl (C=O) groups excluding carboxylic acids is 1. The van der Waals surface area contributed by atoms with E-state index in [-0.39, 0.29) is 16.3 Å². The molecule has 2 aliphatic rings. The Morgan fingerprint density at radius 2 is 2.00 bits per heavy atom. The molecule has 1 amide bonds. The van der Waals surface area contributed by atoms with Gasteiger partial charge in [-0.15, -0.1) is 0 Å². The van der Waals surface area contributed by atoms with E-state index in [1.54, 1.807) is 0 Å². The van der Waals surface area contributed by atoms with Crippen LogP contribution in [0.2, 0.25) is 0 Å². The van der Waals surface area contributed by atoms with Crippen molar-refractivity contribution >= 4 is 27.5 Å². The molecule has 2 nitrogen and oxygen atoms in total. The van der Waals surface area contributed by atoms with Gasteiger partial charge < -0.3 is 4.90 Å². The normalized spacial score (nSPS) is 24.9. The Balaban J connectivity index is 2.13. The van der Waals surface area contributed by atoms with Gasteiger partial charge in [0.05, 0.1) is 4.83 Å². The van der Waals surface area contributed by atoms with Crippen LogP contribution in [0.5, 0.6) is 0 Å². The van der Waals surface area contributed by atoms with E-state index in [4.69, 9.17) is 0 Å². The highest BCUT2D eigenvalue weighted by atomic mass is 79.9. The summed E-state index contributed by atoms with van der Waals surface area (Å²) < 4.78 is 0. The van der Waals surface area contributed by atoms with Gasteiger partial charge in [-0.1, -0.05) is 59.8 Å². The molecule has 1 aliphatic heterocycles. The first kappa shape index (κ1) is 16.0. The number of fused-ring (bicyclic) bond motifs is 1. The fourth-order valence-corrected chi connectivity index (χ4v) is 4.67. The summed E-state index contributed by atoms with van der Waals surface area (Å²) in [6.45, 7) is 6.41. The summed E-state index contributed by atoms with van der Waals surface area (Å²) in [5, 5.41) is 0. The zero-order valence-electron chi connectivity index (χ0n) is 13.9. The van der Waals surface area contributed by atoms with E-state index in [0.29, 0.717) is 5.92 Å². The summed E-state index contributed by atoms with van der Waals surface area (Å²) in [7, 11) is 0. The molecule has 22 heavy (non-hydrogen) atoms. The first-order chi connectivity index (χ1) is 10.4. The van der Waals surface area contributed by atoms with Gasteiger partial charge in [0.15, 0.2) is 0 Å². The van der Waals surface area contributed by atoms with Gasteiger partial charge in [0.25, 0.3) is 0 Å². The molecule has 2 unspecified atom stereocenters. The lowest BCUT2D eigenvalue weighted by Gasteiger charge is -2.52. The Morgan fingerprint density at radius 1 is 1.32 bits per heavy atom. The highest BCUT2D eigenvalue weighted by Crippen LogP contribution is 2.50. The summed E-state index contributed by atoms with van der Waals surface area (Å²) in [5.41, 5.74) is 3.82. The Bertz CT molecular complexity index is 575. The van der Waals surface area contributed by atoms with E-state index in [9.17, 15) is 4.79 Å². The highest BCUT2D eigenvalue weighted by Gasteiger charge is 2.47. The van der Waals surface area contributed by atoms with Gasteiger partial charge in [0.2, 0.25) is 5.91 Å². The summed E-state index contributed by atoms with van der Waals surface area (Å²) in [4.78, 5) is 15.0. The molecule has 3 heteroatoms. The molecule has 1 aliphatic carbocycles. The van der Waals surface area contributed by atoms with Gasteiger partial charge in [-0.05, 0) is 50.7 Å². The second kappa shape index (κ2) is 5.99. The Morgan fingerprint density at radius 3 is 2.64 bits per heavy atom. The van der Waals surface area contributed by atoms with Gasteiger partial charge in [-0.3, -0.25) is 4.79 Å². The van der Waals surface area contributed by atoms with E-state index < -0.39 is 0 Å². The first-order valence-corrected chi connectivity index (χ1v) is 9.45. The van der Waals surface area contributed by atoms with Crippen LogP contribution in [-0.4, -0.2) is 16.3 Å². The number of benzene rings is 1. The van der Waals surface area contributed by atoms with E-state index >= 15 is 0 Å². The van der Waals surface area contributed by atoms with Crippen LogP contribution in [0.1, 0.15) is 69.4 Å². The number of nitrogens with zero attached hydrogens (tertiary/aromatic N) is 1. The minimum absolute atomic E-state index is 0.0407. The summed E-state index contributed by atoms with van der Waals surface area (Å²) >= 11 is 3.52. The van der Waals surface area contributed by atoms with Crippen molar-refractivity contribution in [3.63, 3.8) is 0 Å². The SMILES string of the molecule is Cc1ccc2c(c1)C(C)CC1(CCCCC1)N2C(=O)C(C)Br. The Labute approximate surface area is 142 Å². The second-order valence-electron chi connectivity index (χ2n) is 7.24. The van der Waals surface area contributed by atoms with E-state index in [2.05, 4.69) is 52.9 Å². The van der Waals surface area contributed by atoms with Crippen LogP contribution >= 0.6 is 15.9 Å². The molecule has 120 valence electrons. The molecule has 0 saturated heterocycles. The van der Waals surface area contributed by atoms with Gasteiger partial charge in [-0.2, -0.15) is 0 Å². The topological polar surface area (TPSA) is 20.3 Å². The third-order valence-corrected chi connectivity index (χ3v) is 5.85. The van der Waals surface area contributed by atoms with Crippen LogP contribution in [0.4, 0.5) is 5.69 Å². The van der Waals surface area contributed by atoms with Crippen LogP contribution < -0.4 is 4.90 Å². The lowest BCUT2D eigenvalue weighted by molar-refractivity contribution is -0.119. The number of aryl methyl sites for hydroxylation is 1. The number of halogens is 1. The zero-order chi connectivity index (χ0) is 15.9. The number of hydrogen-bond donors (Lipinski definition) is 0. The number of amides is 1. The van der Waals surface area contributed by atoms with Crippen molar-refractivity contribution in [3.8, 4) is 0 Å². The van der Waals surface area contributed by atoms with Crippen molar-refractivity contribution in [2.45, 2.75) is 75.6 Å². The molecule has 3 rings (SSSR count). The molecule has 1 aromatic carbocycles. The molecule has 0 bridgehead atoms. The van der Waals surface area contributed by atoms with Gasteiger partial charge in [0, 0.05) is 11.2 Å². The van der Waals surface area contributed by atoms with E-state index in [1.807, 2.05) is 6.92 Å². The van der Waals surface area contributed by atoms with Crippen molar-refractivity contribution in [2.75, 3.05) is 4.90 Å². The molecule has 2 atom stereocenters.